The molecule has 0 aromatic heterocycles. The molecule has 254 valence electrons. The number of allylic oxidation sites excluding steroid dienone is 2. The summed E-state index contributed by atoms with van der Waals surface area (Å²) in [6, 6.07) is 3.73. The number of likely N-dealkylation sites (tertiary alicyclic amines) is 1. The number of imide groups is 2. The number of aromatic hydroxyl groups is 1. The number of methoxy groups -OCH3 is 1. The molecule has 4 amide bonds. The number of carbonyl (C=O) groups is 5. The smallest absolute Gasteiger partial charge is 0.303 e. The van der Waals surface area contributed by atoms with Crippen LogP contribution >= 0.6 is 23.2 Å². The van der Waals surface area contributed by atoms with Crippen LogP contribution in [0.25, 0.3) is 0 Å². The van der Waals surface area contributed by atoms with Crippen LogP contribution in [0.15, 0.2) is 29.8 Å². The third kappa shape index (κ3) is 4.39. The molecule has 17 heteroatoms. The second kappa shape index (κ2) is 11.4. The number of carboxylic acids is 1. The average molecular weight is 717 g/mol. The van der Waals surface area contributed by atoms with Gasteiger partial charge in [0, 0.05) is 30.5 Å². The van der Waals surface area contributed by atoms with Crippen LogP contribution in [-0.4, -0.2) is 68.1 Å². The number of carbonyl (C=O) groups excluding carboxylic acids is 4. The van der Waals surface area contributed by atoms with Crippen molar-refractivity contribution in [3.8, 4) is 11.5 Å². The molecule has 2 heterocycles. The summed E-state index contributed by atoms with van der Waals surface area (Å²) in [5.74, 6) is -23.8. The highest BCUT2D eigenvalue weighted by molar-refractivity contribution is 6.58. The first-order valence-corrected chi connectivity index (χ1v) is 15.2. The summed E-state index contributed by atoms with van der Waals surface area (Å²) >= 11 is 14.0. The average Bonchev–Trinajstić information content (AvgIpc) is 3.37. The number of fused-ring (bicyclic) bond motifs is 4. The number of amides is 4. The first-order chi connectivity index (χ1) is 22.5. The Balaban J connectivity index is 1.54. The molecule has 10 nitrogen and oxygen atoms in total. The predicted octanol–water partition coefficient (Wildman–Crippen LogP) is 4.52. The van der Waals surface area contributed by atoms with Crippen molar-refractivity contribution in [3.63, 3.8) is 0 Å². The van der Waals surface area contributed by atoms with Crippen molar-refractivity contribution in [2.24, 2.45) is 17.8 Å². The van der Waals surface area contributed by atoms with E-state index >= 15 is 8.78 Å². The minimum atomic E-state index is -2.79. The van der Waals surface area contributed by atoms with Crippen molar-refractivity contribution in [2.75, 3.05) is 18.6 Å². The normalized spacial score (nSPS) is 29.5. The standard InChI is InChI=1S/C31H23Cl2F5N2O8/c1-48-11-4-5-13(16(41)9-11)19-12-6-7-14-18(27(45)39(26(14)44)8-2-3-17(42)43)15(12)10-30(32)28(46)40(29(47)31(19,30)33)25-23(37)21(35)20(34)22(36)24(25)38/h4-6,9,14-15,18-19,41H,2-3,7-8,10H2,1H3,(H,42,43)/t14-,15+,18-,19+,30+,31-/m0/s1. The van der Waals surface area contributed by atoms with E-state index in [-0.39, 0.29) is 47.6 Å². The van der Waals surface area contributed by atoms with Crippen LogP contribution in [0.1, 0.15) is 37.2 Å². The molecule has 0 radical (unpaired) electrons. The van der Waals surface area contributed by atoms with Gasteiger partial charge in [0.25, 0.3) is 11.8 Å². The summed E-state index contributed by atoms with van der Waals surface area (Å²) in [4.78, 5) is 61.6. The molecule has 2 aromatic rings. The lowest BCUT2D eigenvalue weighted by Crippen LogP contribution is -2.60. The molecule has 2 aliphatic carbocycles. The number of alkyl halides is 2. The van der Waals surface area contributed by atoms with Gasteiger partial charge in [0.05, 0.1) is 18.9 Å². The number of halogens is 7. The zero-order valence-electron chi connectivity index (χ0n) is 24.5. The number of hydrogen-bond acceptors (Lipinski definition) is 7. The van der Waals surface area contributed by atoms with E-state index < -0.39 is 110 Å². The Bertz CT molecular complexity index is 1850. The Morgan fingerprint density at radius 2 is 1.58 bits per heavy atom. The van der Waals surface area contributed by atoms with Gasteiger partial charge >= 0.3 is 5.97 Å². The lowest BCUT2D eigenvalue weighted by atomic mass is 9.56. The number of anilines is 1. The van der Waals surface area contributed by atoms with Crippen molar-refractivity contribution < 1.29 is 60.9 Å². The quantitative estimate of drug-likeness (QED) is 0.106. The molecule has 3 fully saturated rings. The molecule has 6 rings (SSSR count). The van der Waals surface area contributed by atoms with Crippen molar-refractivity contribution in [3.05, 3.63) is 64.5 Å². The highest BCUT2D eigenvalue weighted by Crippen LogP contribution is 2.66. The van der Waals surface area contributed by atoms with Gasteiger partial charge in [-0.1, -0.05) is 17.7 Å². The summed E-state index contributed by atoms with van der Waals surface area (Å²) in [5.41, 5.74) is -1.93. The summed E-state index contributed by atoms with van der Waals surface area (Å²) in [6.45, 7) is -0.237. The van der Waals surface area contributed by atoms with Gasteiger partial charge in [0.15, 0.2) is 33.0 Å². The monoisotopic (exact) mass is 716 g/mol. The highest BCUT2D eigenvalue weighted by atomic mass is 35.5. The second-order valence-corrected chi connectivity index (χ2v) is 13.2. The zero-order chi connectivity index (χ0) is 35.2. The molecule has 2 N–H and O–H groups in total. The van der Waals surface area contributed by atoms with Crippen LogP contribution in [-0.2, 0) is 24.0 Å². The maximum atomic E-state index is 15.1. The lowest BCUT2D eigenvalue weighted by molar-refractivity contribution is -0.142. The van der Waals surface area contributed by atoms with Crippen molar-refractivity contribution in [1.82, 2.24) is 4.90 Å². The Hall–Kier alpha value is -4.24. The summed E-state index contributed by atoms with van der Waals surface area (Å²) in [6.07, 6.45) is 0.258. The van der Waals surface area contributed by atoms with Crippen molar-refractivity contribution in [1.29, 1.82) is 0 Å². The van der Waals surface area contributed by atoms with Gasteiger partial charge in [-0.05, 0) is 31.2 Å². The van der Waals surface area contributed by atoms with E-state index in [0.29, 0.717) is 0 Å². The largest absolute Gasteiger partial charge is 0.508 e. The first-order valence-electron chi connectivity index (χ1n) is 14.4. The summed E-state index contributed by atoms with van der Waals surface area (Å²) in [7, 11) is 1.29. The molecule has 6 atom stereocenters. The molecule has 2 aliphatic heterocycles. The molecule has 1 saturated carbocycles. The van der Waals surface area contributed by atoms with Gasteiger partial charge in [-0.15, -0.1) is 23.2 Å². The summed E-state index contributed by atoms with van der Waals surface area (Å²) < 4.78 is 78.0. The molecule has 48 heavy (non-hydrogen) atoms. The maximum Gasteiger partial charge on any atom is 0.303 e. The second-order valence-electron chi connectivity index (χ2n) is 11.9. The SMILES string of the molecule is COc1ccc([C@H]2C3=CC[C@@H]4C(=O)N(CCCC(=O)O)C(=O)[C@@H]4[C@@H]3C[C@@]3(Cl)C(=O)N(c4c(F)c(F)c(F)c(F)c4F)C(=O)[C@@]23Cl)c(O)c1. The zero-order valence-corrected chi connectivity index (χ0v) is 26.1. The third-order valence-electron chi connectivity index (χ3n) is 9.63. The fraction of sp³-hybridized carbons (Fsp3) is 0.387. The molecule has 2 saturated heterocycles. The number of carboxylic acid groups (broad SMARTS) is 1. The topological polar surface area (TPSA) is 142 Å². The Morgan fingerprint density at radius 1 is 0.958 bits per heavy atom. The fourth-order valence-corrected chi connectivity index (χ4v) is 8.41. The van der Waals surface area contributed by atoms with Gasteiger partial charge in [-0.3, -0.25) is 28.9 Å². The van der Waals surface area contributed by atoms with Gasteiger partial charge in [-0.25, -0.2) is 26.9 Å². The number of aliphatic carboxylic acids is 1. The third-order valence-corrected chi connectivity index (χ3v) is 11.0. The molecular formula is C31H23Cl2F5N2O8. The Morgan fingerprint density at radius 3 is 2.17 bits per heavy atom. The van der Waals surface area contributed by atoms with E-state index in [9.17, 15) is 42.3 Å². The van der Waals surface area contributed by atoms with Crippen LogP contribution in [0, 0.1) is 46.8 Å². The van der Waals surface area contributed by atoms with E-state index in [1.807, 2.05) is 0 Å². The van der Waals surface area contributed by atoms with E-state index in [1.165, 1.54) is 25.3 Å². The number of phenolic OH excluding ortho intramolecular Hbond substituents is 1. The minimum absolute atomic E-state index is 0.0619. The van der Waals surface area contributed by atoms with Crippen molar-refractivity contribution >= 4 is 58.5 Å². The van der Waals surface area contributed by atoms with Crippen LogP contribution in [0.5, 0.6) is 11.5 Å². The fourth-order valence-electron chi connectivity index (χ4n) is 7.48. The first kappa shape index (κ1) is 33.7. The van der Waals surface area contributed by atoms with Crippen LogP contribution in [0.3, 0.4) is 0 Å². The van der Waals surface area contributed by atoms with Crippen LogP contribution < -0.4 is 9.64 Å². The number of phenols is 1. The molecule has 0 unspecified atom stereocenters. The van der Waals surface area contributed by atoms with E-state index in [1.54, 1.807) is 0 Å². The van der Waals surface area contributed by atoms with Crippen LogP contribution in [0.2, 0.25) is 0 Å². The van der Waals surface area contributed by atoms with E-state index in [0.717, 1.165) is 11.0 Å². The summed E-state index contributed by atoms with van der Waals surface area (Å²) in [5, 5.41) is 20.1. The van der Waals surface area contributed by atoms with Gasteiger partial charge in [-0.2, -0.15) is 0 Å². The number of ether oxygens (including phenoxy) is 1. The van der Waals surface area contributed by atoms with Gasteiger partial charge < -0.3 is 14.9 Å². The molecular weight excluding hydrogens is 694 g/mol. The molecule has 4 aliphatic rings. The predicted molar refractivity (Wildman–Crippen MR) is 155 cm³/mol. The van der Waals surface area contributed by atoms with Gasteiger partial charge in [0.2, 0.25) is 17.6 Å². The van der Waals surface area contributed by atoms with Crippen molar-refractivity contribution in [2.45, 2.75) is 41.3 Å². The number of nitrogens with zero attached hydrogens (tertiary/aromatic N) is 2. The molecule has 0 bridgehead atoms. The van der Waals surface area contributed by atoms with E-state index in [2.05, 4.69) is 0 Å². The Labute approximate surface area is 277 Å². The Kier molecular flexibility index (Phi) is 8.02. The van der Waals surface area contributed by atoms with Crippen LogP contribution in [0.4, 0.5) is 27.6 Å². The minimum Gasteiger partial charge on any atom is -0.508 e. The molecule has 2 aromatic carbocycles. The lowest BCUT2D eigenvalue weighted by Gasteiger charge is -2.50. The maximum absolute atomic E-state index is 15.1. The number of rotatable bonds is 7. The van der Waals surface area contributed by atoms with E-state index in [4.69, 9.17) is 33.0 Å². The highest BCUT2D eigenvalue weighted by Gasteiger charge is 2.77. The number of hydrogen-bond donors (Lipinski definition) is 2. The van der Waals surface area contributed by atoms with Gasteiger partial charge in [0.1, 0.15) is 17.2 Å². The number of benzene rings is 2. The molecule has 0 spiro atoms.